The molecule has 0 aromatic heterocycles. The Bertz CT molecular complexity index is 592. The predicted octanol–water partition coefficient (Wildman–Crippen LogP) is 2.88. The molecular weight excluding hydrogens is 298 g/mol. The largest absolute Gasteiger partial charge is 0.339 e. The highest BCUT2D eigenvalue weighted by Crippen LogP contribution is 2.22. The van der Waals surface area contributed by atoms with Crippen LogP contribution in [-0.4, -0.2) is 32.3 Å². The zero-order valence-corrected chi connectivity index (χ0v) is 13.0. The molecular formula is C14H18ClNO3S. The first-order valence-electron chi connectivity index (χ1n) is 6.76. The Labute approximate surface area is 124 Å². The highest BCUT2D eigenvalue weighted by atomic mass is 35.7. The van der Waals surface area contributed by atoms with Crippen molar-refractivity contribution >= 4 is 25.6 Å². The maximum absolute atomic E-state index is 12.4. The van der Waals surface area contributed by atoms with Gasteiger partial charge in [0.15, 0.2) is 0 Å². The number of carbonyl (C=O) groups excluding carboxylic acids is 1. The summed E-state index contributed by atoms with van der Waals surface area (Å²) >= 11 is 0. The molecule has 2 rings (SSSR count). The molecule has 0 spiro atoms. The maximum Gasteiger partial charge on any atom is 0.261 e. The standard InChI is InChI=1S/C14H18ClNO3S/c1-2-11-6-8-16(9-7-11)14(17)12-4-3-5-13(10-12)20(15,18)19/h3-5,10-11H,2,6-9H2,1H3. The van der Waals surface area contributed by atoms with Gasteiger partial charge >= 0.3 is 0 Å². The fraction of sp³-hybridized carbons (Fsp3) is 0.500. The topological polar surface area (TPSA) is 54.5 Å². The molecule has 1 heterocycles. The van der Waals surface area contributed by atoms with Crippen LogP contribution in [0.4, 0.5) is 0 Å². The Morgan fingerprint density at radius 1 is 1.35 bits per heavy atom. The van der Waals surface area contributed by atoms with E-state index >= 15 is 0 Å². The molecule has 0 atom stereocenters. The van der Waals surface area contributed by atoms with Gasteiger partial charge in [0.1, 0.15) is 0 Å². The molecule has 0 radical (unpaired) electrons. The number of likely N-dealkylation sites (tertiary alicyclic amines) is 1. The van der Waals surface area contributed by atoms with Gasteiger partial charge in [0.05, 0.1) is 4.90 Å². The van der Waals surface area contributed by atoms with Crippen LogP contribution >= 0.6 is 10.7 Å². The Morgan fingerprint density at radius 3 is 2.55 bits per heavy atom. The van der Waals surface area contributed by atoms with Crippen molar-refractivity contribution < 1.29 is 13.2 Å². The molecule has 1 fully saturated rings. The van der Waals surface area contributed by atoms with Gasteiger partial charge in [-0.2, -0.15) is 0 Å². The molecule has 110 valence electrons. The number of rotatable bonds is 3. The number of carbonyl (C=O) groups is 1. The van der Waals surface area contributed by atoms with Gasteiger partial charge in [-0.25, -0.2) is 8.42 Å². The molecule has 6 heteroatoms. The van der Waals surface area contributed by atoms with Crippen molar-refractivity contribution in [2.24, 2.45) is 5.92 Å². The summed E-state index contributed by atoms with van der Waals surface area (Å²) in [6.07, 6.45) is 3.16. The number of piperidine rings is 1. The van der Waals surface area contributed by atoms with Crippen LogP contribution in [0, 0.1) is 5.92 Å². The smallest absolute Gasteiger partial charge is 0.261 e. The van der Waals surface area contributed by atoms with Gasteiger partial charge in [0.2, 0.25) is 0 Å². The van der Waals surface area contributed by atoms with Crippen LogP contribution in [-0.2, 0) is 9.05 Å². The third-order valence-corrected chi connectivity index (χ3v) is 5.19. The molecule has 0 unspecified atom stereocenters. The number of benzene rings is 1. The van der Waals surface area contributed by atoms with Crippen molar-refractivity contribution in [2.45, 2.75) is 31.1 Å². The quantitative estimate of drug-likeness (QED) is 0.806. The number of hydrogen-bond acceptors (Lipinski definition) is 3. The summed E-state index contributed by atoms with van der Waals surface area (Å²) in [7, 11) is 1.51. The molecule has 4 nitrogen and oxygen atoms in total. The minimum atomic E-state index is -3.80. The van der Waals surface area contributed by atoms with Gasteiger partial charge in [-0.3, -0.25) is 4.79 Å². The minimum Gasteiger partial charge on any atom is -0.339 e. The fourth-order valence-electron chi connectivity index (χ4n) is 2.51. The van der Waals surface area contributed by atoms with E-state index in [0.29, 0.717) is 11.5 Å². The fourth-order valence-corrected chi connectivity index (χ4v) is 3.30. The van der Waals surface area contributed by atoms with Gasteiger partial charge in [0.25, 0.3) is 15.0 Å². The highest BCUT2D eigenvalue weighted by molar-refractivity contribution is 8.13. The molecule has 0 N–H and O–H groups in total. The zero-order valence-electron chi connectivity index (χ0n) is 11.4. The highest BCUT2D eigenvalue weighted by Gasteiger charge is 2.23. The molecule has 1 aromatic carbocycles. The van der Waals surface area contributed by atoms with E-state index in [1.165, 1.54) is 12.1 Å². The van der Waals surface area contributed by atoms with E-state index < -0.39 is 9.05 Å². The van der Waals surface area contributed by atoms with Crippen LogP contribution in [0.5, 0.6) is 0 Å². The van der Waals surface area contributed by atoms with E-state index in [1.54, 1.807) is 17.0 Å². The summed E-state index contributed by atoms with van der Waals surface area (Å²) in [5.74, 6) is 0.565. The minimum absolute atomic E-state index is 0.0338. The lowest BCUT2D eigenvalue weighted by atomic mass is 9.94. The van der Waals surface area contributed by atoms with Gasteiger partial charge in [0, 0.05) is 29.3 Å². The van der Waals surface area contributed by atoms with Crippen LogP contribution in [0.15, 0.2) is 29.2 Å². The molecule has 20 heavy (non-hydrogen) atoms. The molecule has 1 saturated heterocycles. The van der Waals surface area contributed by atoms with E-state index in [0.717, 1.165) is 32.4 Å². The SMILES string of the molecule is CCC1CCN(C(=O)c2cccc(S(=O)(=O)Cl)c2)CC1. The Hall–Kier alpha value is -1.07. The number of nitrogens with zero attached hydrogens (tertiary/aromatic N) is 1. The molecule has 0 bridgehead atoms. The van der Waals surface area contributed by atoms with Crippen molar-refractivity contribution in [1.29, 1.82) is 0 Å². The van der Waals surface area contributed by atoms with Crippen LogP contribution < -0.4 is 0 Å². The van der Waals surface area contributed by atoms with E-state index in [9.17, 15) is 13.2 Å². The Balaban J connectivity index is 2.14. The normalized spacial score (nSPS) is 17.2. The average Bonchev–Trinajstić information content (AvgIpc) is 2.46. The monoisotopic (exact) mass is 315 g/mol. The van der Waals surface area contributed by atoms with E-state index in [4.69, 9.17) is 10.7 Å². The predicted molar refractivity (Wildman–Crippen MR) is 78.4 cm³/mol. The second-order valence-corrected chi connectivity index (χ2v) is 7.68. The van der Waals surface area contributed by atoms with Crippen molar-refractivity contribution in [3.63, 3.8) is 0 Å². The average molecular weight is 316 g/mol. The van der Waals surface area contributed by atoms with E-state index in [-0.39, 0.29) is 10.8 Å². The van der Waals surface area contributed by atoms with Crippen LogP contribution in [0.1, 0.15) is 36.5 Å². The summed E-state index contributed by atoms with van der Waals surface area (Å²) in [6, 6.07) is 5.90. The van der Waals surface area contributed by atoms with Gasteiger partial charge in [-0.15, -0.1) is 0 Å². The van der Waals surface area contributed by atoms with E-state index in [2.05, 4.69) is 6.92 Å². The summed E-state index contributed by atoms with van der Waals surface area (Å²) in [5.41, 5.74) is 0.377. The van der Waals surface area contributed by atoms with Crippen molar-refractivity contribution in [3.8, 4) is 0 Å². The molecule has 0 saturated carbocycles. The first-order chi connectivity index (χ1) is 9.41. The summed E-state index contributed by atoms with van der Waals surface area (Å²) in [4.78, 5) is 14.1. The Kier molecular flexibility index (Phi) is 4.70. The van der Waals surface area contributed by atoms with Crippen molar-refractivity contribution in [1.82, 2.24) is 4.90 Å². The third kappa shape index (κ3) is 3.52. The molecule has 1 amide bonds. The van der Waals surface area contributed by atoms with Crippen LogP contribution in [0.3, 0.4) is 0 Å². The number of hydrogen-bond donors (Lipinski definition) is 0. The lowest BCUT2D eigenvalue weighted by molar-refractivity contribution is 0.0688. The third-order valence-electron chi connectivity index (χ3n) is 3.84. The summed E-state index contributed by atoms with van der Waals surface area (Å²) in [5, 5.41) is 0. The van der Waals surface area contributed by atoms with E-state index in [1.807, 2.05) is 0 Å². The number of halogens is 1. The molecule has 1 aliphatic heterocycles. The molecule has 1 aromatic rings. The summed E-state index contributed by atoms with van der Waals surface area (Å²) < 4.78 is 22.6. The van der Waals surface area contributed by atoms with Crippen LogP contribution in [0.25, 0.3) is 0 Å². The van der Waals surface area contributed by atoms with Gasteiger partial charge < -0.3 is 4.90 Å². The second-order valence-electron chi connectivity index (χ2n) is 5.11. The molecule has 1 aliphatic rings. The lowest BCUT2D eigenvalue weighted by Gasteiger charge is -2.31. The summed E-state index contributed by atoms with van der Waals surface area (Å²) in [6.45, 7) is 3.63. The molecule has 0 aliphatic carbocycles. The first-order valence-corrected chi connectivity index (χ1v) is 9.06. The van der Waals surface area contributed by atoms with Gasteiger partial charge in [-0.1, -0.05) is 19.4 Å². The second kappa shape index (κ2) is 6.14. The van der Waals surface area contributed by atoms with Crippen LogP contribution in [0.2, 0.25) is 0 Å². The lowest BCUT2D eigenvalue weighted by Crippen LogP contribution is -2.38. The van der Waals surface area contributed by atoms with Crippen molar-refractivity contribution in [2.75, 3.05) is 13.1 Å². The number of amides is 1. The zero-order chi connectivity index (χ0) is 14.8. The first kappa shape index (κ1) is 15.3. The van der Waals surface area contributed by atoms with Gasteiger partial charge in [-0.05, 0) is 37.0 Å². The maximum atomic E-state index is 12.4. The Morgan fingerprint density at radius 2 is 2.00 bits per heavy atom. The van der Waals surface area contributed by atoms with Crippen molar-refractivity contribution in [3.05, 3.63) is 29.8 Å².